The van der Waals surface area contributed by atoms with E-state index in [2.05, 4.69) is 14.3 Å². The number of hydrogen-bond acceptors (Lipinski definition) is 6. The molecular formula is C19H17N2O5S-. The monoisotopic (exact) mass is 385 g/mol. The van der Waals surface area contributed by atoms with Crippen LogP contribution in [-0.2, 0) is 14.8 Å². The molecule has 3 aromatic rings. The number of hydrogen-bond donors (Lipinski definition) is 0. The molecule has 0 unspecified atom stereocenters. The van der Waals surface area contributed by atoms with Crippen molar-refractivity contribution in [2.24, 2.45) is 4.40 Å². The minimum absolute atomic E-state index is 0.0777. The topological polar surface area (TPSA) is 105 Å². The van der Waals surface area contributed by atoms with Gasteiger partial charge in [0.05, 0.1) is 17.1 Å². The molecule has 8 heteroatoms. The molecule has 3 rings (SSSR count). The molecule has 2 aromatic carbocycles. The molecule has 1 aromatic heterocycles. The van der Waals surface area contributed by atoms with E-state index in [1.807, 2.05) is 30.3 Å². The number of sulfonamides is 1. The van der Waals surface area contributed by atoms with Gasteiger partial charge >= 0.3 is 0 Å². The fourth-order valence-corrected chi connectivity index (χ4v) is 3.54. The lowest BCUT2D eigenvalue weighted by Gasteiger charge is -2.09. The standard InChI is InChI=1S/C19H18N2O5S/c1-13-18(19(20-26-13)15-6-4-3-5-7-15)14-8-10-16(11-9-14)27(23,24)21-17(22)12-25-2/h3-11H,12H2,1-2H3,(H,21,22)/p-1. The van der Waals surface area contributed by atoms with Crippen LogP contribution >= 0.6 is 0 Å². The van der Waals surface area contributed by atoms with Crippen molar-refractivity contribution in [2.45, 2.75) is 11.8 Å². The second-order valence-corrected chi connectivity index (χ2v) is 7.35. The summed E-state index contributed by atoms with van der Waals surface area (Å²) < 4.78 is 37.5. The van der Waals surface area contributed by atoms with E-state index in [1.165, 1.54) is 19.2 Å². The number of rotatable bonds is 6. The summed E-state index contributed by atoms with van der Waals surface area (Å²) >= 11 is 0. The number of benzene rings is 2. The third kappa shape index (κ3) is 4.07. The Hall–Kier alpha value is -2.97. The fourth-order valence-electron chi connectivity index (χ4n) is 2.64. The Kier molecular flexibility index (Phi) is 5.38. The van der Waals surface area contributed by atoms with Gasteiger partial charge < -0.3 is 14.4 Å². The lowest BCUT2D eigenvalue weighted by Crippen LogP contribution is -2.24. The Balaban J connectivity index is 1.98. The van der Waals surface area contributed by atoms with Crippen molar-refractivity contribution in [2.75, 3.05) is 13.7 Å². The normalized spacial score (nSPS) is 12.3. The smallest absolute Gasteiger partial charge is 0.281 e. The summed E-state index contributed by atoms with van der Waals surface area (Å²) in [6, 6.07) is 15.6. The zero-order valence-corrected chi connectivity index (χ0v) is 15.6. The highest BCUT2D eigenvalue weighted by molar-refractivity contribution is 7.90. The van der Waals surface area contributed by atoms with Gasteiger partial charge in [-0.2, -0.15) is 12.8 Å². The van der Waals surface area contributed by atoms with Crippen LogP contribution in [0.5, 0.6) is 0 Å². The summed E-state index contributed by atoms with van der Waals surface area (Å²) in [7, 11) is -2.79. The zero-order valence-electron chi connectivity index (χ0n) is 14.7. The Morgan fingerprint density at radius 1 is 1.11 bits per heavy atom. The van der Waals surface area contributed by atoms with E-state index in [0.29, 0.717) is 11.5 Å². The summed E-state index contributed by atoms with van der Waals surface area (Å²) in [5.74, 6) is -0.243. The van der Waals surface area contributed by atoms with Gasteiger partial charge in [0, 0.05) is 18.6 Å². The fraction of sp³-hybridized carbons (Fsp3) is 0.158. The molecule has 1 heterocycles. The third-order valence-corrected chi connectivity index (χ3v) is 5.15. The van der Waals surface area contributed by atoms with Crippen LogP contribution in [0.2, 0.25) is 0 Å². The maximum Gasteiger partial charge on any atom is 0.281 e. The van der Waals surface area contributed by atoms with Crippen molar-refractivity contribution in [1.82, 2.24) is 5.16 Å². The predicted octanol–water partition coefficient (Wildman–Crippen LogP) is 2.41. The van der Waals surface area contributed by atoms with E-state index in [4.69, 9.17) is 4.52 Å². The van der Waals surface area contributed by atoms with Gasteiger partial charge in [-0.3, -0.25) is 0 Å². The zero-order chi connectivity index (χ0) is 19.4. The van der Waals surface area contributed by atoms with Crippen LogP contribution in [0.1, 0.15) is 5.76 Å². The SMILES string of the molecule is COC/C([O-])=N/S(=O)(=O)c1ccc(-c2c(-c3ccccc3)noc2C)cc1. The summed E-state index contributed by atoms with van der Waals surface area (Å²) in [6.45, 7) is 1.40. The maximum atomic E-state index is 12.2. The van der Waals surface area contributed by atoms with Crippen LogP contribution in [0.25, 0.3) is 22.4 Å². The molecule has 0 atom stereocenters. The van der Waals surface area contributed by atoms with Crippen LogP contribution in [0, 0.1) is 6.92 Å². The molecule has 27 heavy (non-hydrogen) atoms. The van der Waals surface area contributed by atoms with Crippen LogP contribution in [0.15, 0.2) is 68.4 Å². The number of methoxy groups -OCH3 is 1. The van der Waals surface area contributed by atoms with Crippen LogP contribution in [0.3, 0.4) is 0 Å². The molecule has 0 amide bonds. The van der Waals surface area contributed by atoms with Crippen LogP contribution in [-0.4, -0.2) is 33.2 Å². The molecule has 0 aliphatic carbocycles. The second kappa shape index (κ2) is 7.73. The van der Waals surface area contributed by atoms with Gasteiger partial charge in [-0.25, -0.2) is 0 Å². The Bertz CT molecular complexity index is 1060. The summed E-state index contributed by atoms with van der Waals surface area (Å²) in [6.07, 6.45) is 0. The number of nitrogens with zero attached hydrogens (tertiary/aromatic N) is 2. The molecule has 0 bridgehead atoms. The van der Waals surface area contributed by atoms with Gasteiger partial charge in [-0.05, 0) is 24.6 Å². The largest absolute Gasteiger partial charge is 0.860 e. The third-order valence-electron chi connectivity index (χ3n) is 3.84. The first-order chi connectivity index (χ1) is 12.9. The van der Waals surface area contributed by atoms with Gasteiger partial charge in [-0.1, -0.05) is 47.6 Å². The van der Waals surface area contributed by atoms with Gasteiger partial charge in [0.25, 0.3) is 10.0 Å². The minimum atomic E-state index is -4.08. The van der Waals surface area contributed by atoms with E-state index in [9.17, 15) is 13.5 Å². The maximum absolute atomic E-state index is 12.2. The molecule has 0 saturated carbocycles. The average Bonchev–Trinajstić information content (AvgIpc) is 3.04. The molecule has 7 nitrogen and oxygen atoms in total. The molecule has 140 valence electrons. The molecule has 0 saturated heterocycles. The Morgan fingerprint density at radius 2 is 1.78 bits per heavy atom. The Labute approximate surface area is 157 Å². The first-order valence-corrected chi connectivity index (χ1v) is 9.48. The number of aromatic nitrogens is 1. The van der Waals surface area contributed by atoms with Gasteiger partial charge in [0.15, 0.2) is 0 Å². The molecule has 0 N–H and O–H groups in total. The van der Waals surface area contributed by atoms with E-state index in [1.54, 1.807) is 19.1 Å². The van der Waals surface area contributed by atoms with E-state index in [0.717, 1.165) is 16.7 Å². The molecule has 0 spiro atoms. The van der Waals surface area contributed by atoms with Gasteiger partial charge in [0.2, 0.25) is 0 Å². The summed E-state index contributed by atoms with van der Waals surface area (Å²) in [5, 5.41) is 15.6. The van der Waals surface area contributed by atoms with Crippen LogP contribution in [0.4, 0.5) is 0 Å². The number of ether oxygens (including phenoxy) is 1. The lowest BCUT2D eigenvalue weighted by molar-refractivity contribution is -0.221. The molecule has 0 fully saturated rings. The highest BCUT2D eigenvalue weighted by Crippen LogP contribution is 2.34. The van der Waals surface area contributed by atoms with E-state index < -0.39 is 22.5 Å². The van der Waals surface area contributed by atoms with Crippen molar-refractivity contribution >= 4 is 15.9 Å². The van der Waals surface area contributed by atoms with Crippen molar-refractivity contribution in [3.8, 4) is 22.4 Å². The Morgan fingerprint density at radius 3 is 2.41 bits per heavy atom. The minimum Gasteiger partial charge on any atom is -0.860 e. The highest BCUT2D eigenvalue weighted by atomic mass is 32.2. The lowest BCUT2D eigenvalue weighted by atomic mass is 10.00. The van der Waals surface area contributed by atoms with Crippen LogP contribution < -0.4 is 5.11 Å². The second-order valence-electron chi connectivity index (χ2n) is 5.75. The summed E-state index contributed by atoms with van der Waals surface area (Å²) in [5.41, 5.74) is 3.08. The first-order valence-electron chi connectivity index (χ1n) is 8.04. The van der Waals surface area contributed by atoms with E-state index in [-0.39, 0.29) is 4.90 Å². The molecular weight excluding hydrogens is 368 g/mol. The van der Waals surface area contributed by atoms with Crippen molar-refractivity contribution in [3.63, 3.8) is 0 Å². The quantitative estimate of drug-likeness (QED) is 0.477. The molecule has 0 aliphatic rings. The van der Waals surface area contributed by atoms with Crippen molar-refractivity contribution in [3.05, 3.63) is 60.4 Å². The van der Waals surface area contributed by atoms with Crippen molar-refractivity contribution in [1.29, 1.82) is 0 Å². The van der Waals surface area contributed by atoms with Crippen molar-refractivity contribution < 1.29 is 22.8 Å². The first kappa shape index (κ1) is 18.8. The molecule has 0 aliphatic heterocycles. The van der Waals surface area contributed by atoms with Gasteiger partial charge in [-0.15, -0.1) is 0 Å². The van der Waals surface area contributed by atoms with Gasteiger partial charge in [0.1, 0.15) is 11.5 Å². The van der Waals surface area contributed by atoms with E-state index >= 15 is 0 Å². The average molecular weight is 385 g/mol. The summed E-state index contributed by atoms with van der Waals surface area (Å²) in [4.78, 5) is -0.0777. The predicted molar refractivity (Wildman–Crippen MR) is 98.6 cm³/mol. The highest BCUT2D eigenvalue weighted by Gasteiger charge is 2.18. The molecule has 0 radical (unpaired) electrons. The number of aryl methyl sites for hydroxylation is 1.